The Morgan fingerprint density at radius 2 is 2.00 bits per heavy atom. The van der Waals surface area contributed by atoms with Crippen molar-refractivity contribution in [1.29, 1.82) is 0 Å². The molecule has 2 rings (SSSR count). The lowest BCUT2D eigenvalue weighted by molar-refractivity contribution is 0.598. The van der Waals surface area contributed by atoms with E-state index in [1.54, 1.807) is 25.3 Å². The Morgan fingerprint density at radius 3 is 2.58 bits per heavy atom. The van der Waals surface area contributed by atoms with Crippen LogP contribution in [0.2, 0.25) is 0 Å². The summed E-state index contributed by atoms with van der Waals surface area (Å²) in [6.07, 6.45) is 1.55. The molecule has 0 fully saturated rings. The van der Waals surface area contributed by atoms with E-state index in [0.717, 1.165) is 9.64 Å². The normalized spacial score (nSPS) is 11.3. The van der Waals surface area contributed by atoms with Gasteiger partial charge in [0, 0.05) is 9.77 Å². The molecule has 2 aromatic rings. The number of pyridine rings is 1. The summed E-state index contributed by atoms with van der Waals surface area (Å²) >= 11 is 2.07. The molecule has 0 amide bonds. The zero-order chi connectivity index (χ0) is 14.0. The number of benzene rings is 1. The molecule has 1 aromatic heterocycles. The van der Waals surface area contributed by atoms with Gasteiger partial charge in [0.15, 0.2) is 0 Å². The Bertz CT molecular complexity index is 702. The molecule has 0 unspecified atom stereocenters. The molecule has 0 aliphatic carbocycles. The van der Waals surface area contributed by atoms with E-state index < -0.39 is 15.8 Å². The van der Waals surface area contributed by atoms with Crippen LogP contribution in [0.1, 0.15) is 5.56 Å². The number of hydrogen-bond donors (Lipinski definition) is 1. The molecule has 1 heterocycles. The number of halogens is 2. The lowest BCUT2D eigenvalue weighted by Crippen LogP contribution is -2.15. The lowest BCUT2D eigenvalue weighted by atomic mass is 10.2. The molecule has 0 spiro atoms. The van der Waals surface area contributed by atoms with E-state index in [1.165, 1.54) is 12.1 Å². The highest BCUT2D eigenvalue weighted by atomic mass is 127. The third-order valence-electron chi connectivity index (χ3n) is 2.39. The molecule has 4 nitrogen and oxygen atoms in total. The maximum absolute atomic E-state index is 13.0. The molecular formula is C12H10FIN2O2S. The van der Waals surface area contributed by atoms with Crippen LogP contribution in [0.5, 0.6) is 0 Å². The number of nitrogens with zero attached hydrogens (tertiary/aromatic N) is 1. The highest BCUT2D eigenvalue weighted by molar-refractivity contribution is 14.1. The summed E-state index contributed by atoms with van der Waals surface area (Å²) in [6.45, 7) is 1.54. The van der Waals surface area contributed by atoms with Crippen LogP contribution in [0, 0.1) is 16.3 Å². The van der Waals surface area contributed by atoms with Crippen molar-refractivity contribution >= 4 is 38.4 Å². The summed E-state index contributed by atoms with van der Waals surface area (Å²) in [5.74, 6) is -0.243. The maximum atomic E-state index is 13.0. The highest BCUT2D eigenvalue weighted by Crippen LogP contribution is 2.19. The Morgan fingerprint density at radius 1 is 1.26 bits per heavy atom. The number of nitrogens with one attached hydrogen (secondary N) is 1. The first kappa shape index (κ1) is 14.2. The smallest absolute Gasteiger partial charge is 0.263 e. The number of aromatic nitrogens is 1. The van der Waals surface area contributed by atoms with Gasteiger partial charge in [-0.05, 0) is 65.4 Å². The van der Waals surface area contributed by atoms with Crippen molar-refractivity contribution < 1.29 is 12.8 Å². The molecule has 0 bridgehead atoms. The first-order chi connectivity index (χ1) is 8.88. The minimum atomic E-state index is -3.76. The molecule has 1 aromatic carbocycles. The van der Waals surface area contributed by atoms with Crippen molar-refractivity contribution in [2.24, 2.45) is 0 Å². The monoisotopic (exact) mass is 392 g/mol. The average Bonchev–Trinajstić information content (AvgIpc) is 2.31. The largest absolute Gasteiger partial charge is 0.263 e. The summed E-state index contributed by atoms with van der Waals surface area (Å²) < 4.78 is 40.5. The predicted octanol–water partition coefficient (Wildman–Crippen LogP) is 2.93. The quantitative estimate of drug-likeness (QED) is 0.818. The van der Waals surface area contributed by atoms with Crippen molar-refractivity contribution in [3.63, 3.8) is 0 Å². The topological polar surface area (TPSA) is 59.1 Å². The molecule has 19 heavy (non-hydrogen) atoms. The van der Waals surface area contributed by atoms with E-state index in [1.807, 2.05) is 0 Å². The Balaban J connectivity index is 2.35. The molecular weight excluding hydrogens is 382 g/mol. The average molecular weight is 392 g/mol. The van der Waals surface area contributed by atoms with Crippen LogP contribution >= 0.6 is 22.6 Å². The minimum Gasteiger partial charge on any atom is -0.263 e. The minimum absolute atomic E-state index is 0.0363. The van der Waals surface area contributed by atoms with Crippen LogP contribution in [0.4, 0.5) is 10.2 Å². The second-order valence-electron chi connectivity index (χ2n) is 3.88. The van der Waals surface area contributed by atoms with Crippen molar-refractivity contribution in [3.05, 3.63) is 51.5 Å². The van der Waals surface area contributed by atoms with Gasteiger partial charge in [-0.25, -0.2) is 17.8 Å². The fourth-order valence-corrected chi connectivity index (χ4v) is 3.10. The fraction of sp³-hybridized carbons (Fsp3) is 0.0833. The van der Waals surface area contributed by atoms with Crippen molar-refractivity contribution in [3.8, 4) is 0 Å². The van der Waals surface area contributed by atoms with E-state index in [2.05, 4.69) is 32.3 Å². The van der Waals surface area contributed by atoms with Gasteiger partial charge in [-0.3, -0.25) is 4.72 Å². The van der Waals surface area contributed by atoms with Gasteiger partial charge in [-0.2, -0.15) is 0 Å². The highest BCUT2D eigenvalue weighted by Gasteiger charge is 2.17. The van der Waals surface area contributed by atoms with Crippen LogP contribution in [0.25, 0.3) is 0 Å². The third-order valence-corrected chi connectivity index (χ3v) is 4.55. The summed E-state index contributed by atoms with van der Waals surface area (Å²) in [5.41, 5.74) is 0.345. The second-order valence-corrected chi connectivity index (χ2v) is 6.77. The zero-order valence-electron chi connectivity index (χ0n) is 9.89. The third kappa shape index (κ3) is 3.41. The molecule has 1 N–H and O–H groups in total. The molecule has 7 heteroatoms. The van der Waals surface area contributed by atoms with E-state index in [4.69, 9.17) is 0 Å². The lowest BCUT2D eigenvalue weighted by Gasteiger charge is -2.09. The maximum Gasteiger partial charge on any atom is 0.263 e. The molecule has 0 aliphatic heterocycles. The number of sulfonamides is 1. The van der Waals surface area contributed by atoms with E-state index >= 15 is 0 Å². The van der Waals surface area contributed by atoms with Crippen molar-refractivity contribution in [2.75, 3.05) is 4.72 Å². The first-order valence-corrected chi connectivity index (χ1v) is 7.85. The predicted molar refractivity (Wildman–Crippen MR) is 78.9 cm³/mol. The second kappa shape index (κ2) is 5.41. The van der Waals surface area contributed by atoms with Crippen LogP contribution in [-0.2, 0) is 10.0 Å². The van der Waals surface area contributed by atoms with Crippen LogP contribution < -0.4 is 4.72 Å². The zero-order valence-corrected chi connectivity index (χ0v) is 12.9. The molecule has 100 valence electrons. The van der Waals surface area contributed by atoms with Crippen molar-refractivity contribution in [1.82, 2.24) is 4.98 Å². The number of rotatable bonds is 3. The van der Waals surface area contributed by atoms with Crippen LogP contribution in [0.3, 0.4) is 0 Å². The van der Waals surface area contributed by atoms with Crippen LogP contribution in [0.15, 0.2) is 41.4 Å². The molecule has 0 aliphatic rings. The SMILES string of the molecule is Cc1cc(F)ccc1S(=O)(=O)Nc1ccc(I)cn1. The van der Waals surface area contributed by atoms with Gasteiger partial charge in [-0.15, -0.1) is 0 Å². The number of hydrogen-bond acceptors (Lipinski definition) is 3. The molecule has 0 radical (unpaired) electrons. The van der Waals surface area contributed by atoms with Gasteiger partial charge >= 0.3 is 0 Å². The summed E-state index contributed by atoms with van der Waals surface area (Å²) in [7, 11) is -3.76. The van der Waals surface area contributed by atoms with Gasteiger partial charge in [0.2, 0.25) is 0 Å². The molecule has 0 atom stereocenters. The van der Waals surface area contributed by atoms with Gasteiger partial charge in [-0.1, -0.05) is 0 Å². The molecule has 0 saturated carbocycles. The first-order valence-electron chi connectivity index (χ1n) is 5.29. The van der Waals surface area contributed by atoms with Gasteiger partial charge in [0.25, 0.3) is 10.0 Å². The number of aryl methyl sites for hydroxylation is 1. The van der Waals surface area contributed by atoms with E-state index in [-0.39, 0.29) is 10.7 Å². The number of anilines is 1. The van der Waals surface area contributed by atoms with Gasteiger partial charge in [0.1, 0.15) is 11.6 Å². The summed E-state index contributed by atoms with van der Waals surface area (Å²) in [6, 6.07) is 6.83. The standard InChI is InChI=1S/C12H10FIN2O2S/c1-8-6-9(13)2-4-11(8)19(17,18)16-12-5-3-10(14)7-15-12/h2-7H,1H3,(H,15,16). The van der Waals surface area contributed by atoms with Gasteiger partial charge in [0.05, 0.1) is 4.90 Å². The van der Waals surface area contributed by atoms with E-state index in [9.17, 15) is 12.8 Å². The summed E-state index contributed by atoms with van der Waals surface area (Å²) in [5, 5.41) is 0. The Labute approximate surface area is 124 Å². The van der Waals surface area contributed by atoms with Gasteiger partial charge < -0.3 is 0 Å². The van der Waals surface area contributed by atoms with Crippen molar-refractivity contribution in [2.45, 2.75) is 11.8 Å². The fourth-order valence-electron chi connectivity index (χ4n) is 1.54. The Hall–Kier alpha value is -1.22. The summed E-state index contributed by atoms with van der Waals surface area (Å²) in [4.78, 5) is 4.00. The van der Waals surface area contributed by atoms with Crippen LogP contribution in [-0.4, -0.2) is 13.4 Å². The van der Waals surface area contributed by atoms with E-state index in [0.29, 0.717) is 5.56 Å². The Kier molecular flexibility index (Phi) is 4.04. The molecule has 0 saturated heterocycles.